The number of aromatic nitrogens is 2. The highest BCUT2D eigenvalue weighted by Gasteiger charge is 2.25. The van der Waals surface area contributed by atoms with Crippen LogP contribution in [-0.4, -0.2) is 73.3 Å². The maximum Gasteiger partial charge on any atom is 0.254 e. The number of hydrogen-bond donors (Lipinski definition) is 0. The van der Waals surface area contributed by atoms with Gasteiger partial charge in [-0.05, 0) is 49.4 Å². The number of benzene rings is 2. The van der Waals surface area contributed by atoms with Crippen molar-refractivity contribution in [2.45, 2.75) is 6.92 Å². The molecule has 0 N–H and O–H groups in total. The van der Waals surface area contributed by atoms with Crippen LogP contribution in [-0.2, 0) is 4.74 Å². The van der Waals surface area contributed by atoms with Crippen molar-refractivity contribution in [2.75, 3.05) is 62.3 Å². The first kappa shape index (κ1) is 23.0. The zero-order valence-corrected chi connectivity index (χ0v) is 19.7. The normalized spacial score (nSPS) is 16.3. The molecule has 0 spiro atoms. The molecule has 2 aliphatic rings. The van der Waals surface area contributed by atoms with Crippen LogP contribution in [0.15, 0.2) is 54.6 Å². The molecule has 2 fully saturated rings. The highest BCUT2D eigenvalue weighted by atomic mass is 19.1. The molecule has 0 bridgehead atoms. The molecule has 3 heterocycles. The van der Waals surface area contributed by atoms with Gasteiger partial charge in [0.2, 0.25) is 5.95 Å². The Kier molecular flexibility index (Phi) is 6.76. The molecular formula is C26H28FN5O3. The van der Waals surface area contributed by atoms with E-state index in [4.69, 9.17) is 14.5 Å². The van der Waals surface area contributed by atoms with Crippen LogP contribution in [0.4, 0.5) is 16.2 Å². The van der Waals surface area contributed by atoms with E-state index in [0.717, 1.165) is 24.6 Å². The Bertz CT molecular complexity index is 1180. The summed E-state index contributed by atoms with van der Waals surface area (Å²) >= 11 is 0. The van der Waals surface area contributed by atoms with Gasteiger partial charge in [-0.15, -0.1) is 0 Å². The van der Waals surface area contributed by atoms with Crippen LogP contribution in [0.5, 0.6) is 11.5 Å². The minimum absolute atomic E-state index is 0.0478. The second-order valence-electron chi connectivity index (χ2n) is 8.63. The fourth-order valence-corrected chi connectivity index (χ4v) is 4.26. The van der Waals surface area contributed by atoms with Gasteiger partial charge in [0.1, 0.15) is 23.1 Å². The molecule has 3 aromatic rings. The summed E-state index contributed by atoms with van der Waals surface area (Å²) in [5, 5.41) is 0. The van der Waals surface area contributed by atoms with Gasteiger partial charge in [-0.25, -0.2) is 9.37 Å². The molecule has 0 atom stereocenters. The smallest absolute Gasteiger partial charge is 0.254 e. The van der Waals surface area contributed by atoms with E-state index in [9.17, 15) is 9.18 Å². The summed E-state index contributed by atoms with van der Waals surface area (Å²) in [6.07, 6.45) is 0. The third-order valence-electron chi connectivity index (χ3n) is 6.14. The number of aryl methyl sites for hydroxylation is 1. The topological polar surface area (TPSA) is 71.0 Å². The second kappa shape index (κ2) is 10.3. The Balaban J connectivity index is 1.22. The zero-order chi connectivity index (χ0) is 24.2. The number of rotatable bonds is 5. The molecule has 8 nitrogen and oxygen atoms in total. The average Bonchev–Trinajstić information content (AvgIpc) is 2.90. The molecule has 2 aliphatic heterocycles. The number of anilines is 2. The first-order chi connectivity index (χ1) is 17.0. The molecule has 0 saturated carbocycles. The number of halogens is 1. The van der Waals surface area contributed by atoms with Crippen LogP contribution in [0.2, 0.25) is 0 Å². The van der Waals surface area contributed by atoms with Crippen molar-refractivity contribution >= 4 is 17.7 Å². The van der Waals surface area contributed by atoms with Crippen LogP contribution in [0.3, 0.4) is 0 Å². The molecule has 35 heavy (non-hydrogen) atoms. The van der Waals surface area contributed by atoms with Crippen LogP contribution in [0.1, 0.15) is 16.1 Å². The third-order valence-corrected chi connectivity index (χ3v) is 6.14. The number of carbonyl (C=O) groups excluding carboxylic acids is 1. The number of nitrogens with zero attached hydrogens (tertiary/aromatic N) is 5. The van der Waals surface area contributed by atoms with Gasteiger partial charge in [0.15, 0.2) is 0 Å². The van der Waals surface area contributed by atoms with Crippen LogP contribution < -0.4 is 14.5 Å². The number of morpholine rings is 1. The second-order valence-corrected chi connectivity index (χ2v) is 8.63. The number of piperazine rings is 1. The largest absolute Gasteiger partial charge is 0.457 e. The molecule has 1 amide bonds. The lowest BCUT2D eigenvalue weighted by Gasteiger charge is -2.35. The first-order valence-electron chi connectivity index (χ1n) is 11.8. The lowest BCUT2D eigenvalue weighted by atomic mass is 10.1. The summed E-state index contributed by atoms with van der Waals surface area (Å²) in [6, 6.07) is 14.9. The zero-order valence-electron chi connectivity index (χ0n) is 19.7. The standard InChI is InChI=1S/C26H28FN5O3/c1-19-17-24(30-13-15-34-16-14-30)29-26(28-19)32-11-9-31(10-12-32)25(33)20-3-2-4-23(18-20)35-22-7-5-21(27)6-8-22/h2-8,17-18H,9-16H2,1H3. The molecule has 2 saturated heterocycles. The Morgan fingerprint density at radius 3 is 2.37 bits per heavy atom. The Hall–Kier alpha value is -3.72. The summed E-state index contributed by atoms with van der Waals surface area (Å²) in [7, 11) is 0. The molecule has 9 heteroatoms. The summed E-state index contributed by atoms with van der Waals surface area (Å²) in [5.41, 5.74) is 1.48. The van der Waals surface area contributed by atoms with Gasteiger partial charge in [0.05, 0.1) is 13.2 Å². The van der Waals surface area contributed by atoms with Crippen molar-refractivity contribution in [2.24, 2.45) is 0 Å². The number of carbonyl (C=O) groups is 1. The summed E-state index contributed by atoms with van der Waals surface area (Å²) in [4.78, 5) is 28.8. The molecule has 0 aliphatic carbocycles. The molecule has 1 aromatic heterocycles. The summed E-state index contributed by atoms with van der Waals surface area (Å²) in [5.74, 6) is 2.30. The van der Waals surface area contributed by atoms with Crippen molar-refractivity contribution in [1.29, 1.82) is 0 Å². The van der Waals surface area contributed by atoms with E-state index >= 15 is 0 Å². The molecule has 5 rings (SSSR count). The van der Waals surface area contributed by atoms with E-state index in [-0.39, 0.29) is 11.7 Å². The molecular weight excluding hydrogens is 449 g/mol. The van der Waals surface area contributed by atoms with Crippen molar-refractivity contribution in [1.82, 2.24) is 14.9 Å². The molecule has 182 valence electrons. The molecule has 0 unspecified atom stereocenters. The monoisotopic (exact) mass is 477 g/mol. The predicted octanol–water partition coefficient (Wildman–Crippen LogP) is 3.52. The fraction of sp³-hybridized carbons (Fsp3) is 0.346. The summed E-state index contributed by atoms with van der Waals surface area (Å²) in [6.45, 7) is 7.50. The highest BCUT2D eigenvalue weighted by Crippen LogP contribution is 2.24. The van der Waals surface area contributed by atoms with E-state index in [1.54, 1.807) is 36.4 Å². The number of hydrogen-bond acceptors (Lipinski definition) is 7. The van der Waals surface area contributed by atoms with Gasteiger partial charge in [0.25, 0.3) is 5.91 Å². The number of amides is 1. The SMILES string of the molecule is Cc1cc(N2CCOCC2)nc(N2CCN(C(=O)c3cccc(Oc4ccc(F)cc4)c3)CC2)n1. The average molecular weight is 478 g/mol. The Morgan fingerprint density at radius 1 is 0.886 bits per heavy atom. The van der Waals surface area contributed by atoms with Gasteiger partial charge in [-0.1, -0.05) is 6.07 Å². The minimum atomic E-state index is -0.325. The van der Waals surface area contributed by atoms with E-state index in [2.05, 4.69) is 14.8 Å². The van der Waals surface area contributed by atoms with Crippen LogP contribution in [0.25, 0.3) is 0 Å². The van der Waals surface area contributed by atoms with Gasteiger partial charge in [0, 0.05) is 56.6 Å². The fourth-order valence-electron chi connectivity index (χ4n) is 4.26. The quantitative estimate of drug-likeness (QED) is 0.557. The Labute approximate surface area is 203 Å². The van der Waals surface area contributed by atoms with E-state index in [0.29, 0.717) is 62.4 Å². The highest BCUT2D eigenvalue weighted by molar-refractivity contribution is 5.94. The maximum absolute atomic E-state index is 13.2. The van der Waals surface area contributed by atoms with Gasteiger partial charge >= 0.3 is 0 Å². The van der Waals surface area contributed by atoms with E-state index < -0.39 is 0 Å². The first-order valence-corrected chi connectivity index (χ1v) is 11.8. The van der Waals surface area contributed by atoms with E-state index in [1.165, 1.54) is 12.1 Å². The lowest BCUT2D eigenvalue weighted by Crippen LogP contribution is -2.49. The summed E-state index contributed by atoms with van der Waals surface area (Å²) < 4.78 is 24.4. The van der Waals surface area contributed by atoms with Gasteiger partial charge in [-0.2, -0.15) is 4.98 Å². The predicted molar refractivity (Wildman–Crippen MR) is 131 cm³/mol. The maximum atomic E-state index is 13.2. The molecule has 2 aromatic carbocycles. The van der Waals surface area contributed by atoms with Crippen molar-refractivity contribution < 1.29 is 18.7 Å². The van der Waals surface area contributed by atoms with Crippen molar-refractivity contribution in [3.63, 3.8) is 0 Å². The van der Waals surface area contributed by atoms with Crippen LogP contribution >= 0.6 is 0 Å². The van der Waals surface area contributed by atoms with Crippen molar-refractivity contribution in [3.8, 4) is 11.5 Å². The lowest BCUT2D eigenvalue weighted by molar-refractivity contribution is 0.0746. The molecule has 0 radical (unpaired) electrons. The van der Waals surface area contributed by atoms with Gasteiger partial charge in [-0.3, -0.25) is 4.79 Å². The third kappa shape index (κ3) is 5.51. The Morgan fingerprint density at radius 2 is 1.63 bits per heavy atom. The number of ether oxygens (including phenoxy) is 2. The van der Waals surface area contributed by atoms with Crippen molar-refractivity contribution in [3.05, 3.63) is 71.7 Å². The van der Waals surface area contributed by atoms with E-state index in [1.807, 2.05) is 17.9 Å². The van der Waals surface area contributed by atoms with Gasteiger partial charge < -0.3 is 24.2 Å². The minimum Gasteiger partial charge on any atom is -0.457 e. The van der Waals surface area contributed by atoms with Crippen LogP contribution in [0, 0.1) is 12.7 Å².